The molecule has 122 valence electrons. The van der Waals surface area contributed by atoms with Crippen molar-refractivity contribution in [3.8, 4) is 0 Å². The molecule has 1 amide bonds. The summed E-state index contributed by atoms with van der Waals surface area (Å²) in [5.74, 6) is -5.02. The van der Waals surface area contributed by atoms with Crippen LogP contribution < -0.4 is 10.6 Å². The fourth-order valence-electron chi connectivity index (χ4n) is 1.73. The van der Waals surface area contributed by atoms with Crippen LogP contribution in [0.15, 0.2) is 24.3 Å². The Morgan fingerprint density at radius 3 is 2.13 bits per heavy atom. The molecule has 2 aromatic rings. The molecule has 0 aliphatic rings. The van der Waals surface area contributed by atoms with E-state index >= 15 is 0 Å². The highest BCUT2D eigenvalue weighted by Crippen LogP contribution is 2.17. The predicted octanol–water partition coefficient (Wildman–Crippen LogP) is 3.36. The van der Waals surface area contributed by atoms with E-state index in [4.69, 9.17) is 0 Å². The molecule has 0 spiro atoms. The van der Waals surface area contributed by atoms with Crippen LogP contribution >= 0.6 is 0 Å². The van der Waals surface area contributed by atoms with E-state index in [0.717, 1.165) is 6.07 Å². The standard InChI is InChI=1S/C15H15F3N4O/c1-15(2,3)20-11-7-6-10(21-22-11)19-14(23)8-4-5-9(16)13(18)12(8)17/h4-7H,1-3H3,(H,20,22)(H,19,21,23). The molecule has 0 bridgehead atoms. The van der Waals surface area contributed by atoms with E-state index in [2.05, 4.69) is 20.8 Å². The van der Waals surface area contributed by atoms with Crippen LogP contribution in [0.3, 0.4) is 0 Å². The normalized spacial score (nSPS) is 11.2. The lowest BCUT2D eigenvalue weighted by Crippen LogP contribution is -2.27. The Bertz CT molecular complexity index is 727. The molecule has 0 aliphatic heterocycles. The molecular weight excluding hydrogens is 309 g/mol. The third-order valence-corrected chi connectivity index (χ3v) is 2.69. The van der Waals surface area contributed by atoms with Gasteiger partial charge in [0.1, 0.15) is 5.82 Å². The minimum atomic E-state index is -1.70. The maximum atomic E-state index is 13.5. The summed E-state index contributed by atoms with van der Waals surface area (Å²) in [6, 6.07) is 4.56. The van der Waals surface area contributed by atoms with E-state index in [1.807, 2.05) is 20.8 Å². The number of amides is 1. The van der Waals surface area contributed by atoms with Gasteiger partial charge in [-0.3, -0.25) is 4.79 Å². The SMILES string of the molecule is CC(C)(C)Nc1ccc(NC(=O)c2ccc(F)c(F)c2F)nn1. The molecule has 1 aromatic carbocycles. The van der Waals surface area contributed by atoms with Gasteiger partial charge in [0.25, 0.3) is 5.91 Å². The van der Waals surface area contributed by atoms with Gasteiger partial charge in [0.15, 0.2) is 23.3 Å². The van der Waals surface area contributed by atoms with Gasteiger partial charge >= 0.3 is 0 Å². The van der Waals surface area contributed by atoms with Crippen molar-refractivity contribution >= 4 is 17.5 Å². The molecule has 2 N–H and O–H groups in total. The van der Waals surface area contributed by atoms with Crippen molar-refractivity contribution in [2.24, 2.45) is 0 Å². The fourth-order valence-corrected chi connectivity index (χ4v) is 1.73. The predicted molar refractivity (Wildman–Crippen MR) is 79.7 cm³/mol. The van der Waals surface area contributed by atoms with Crippen molar-refractivity contribution < 1.29 is 18.0 Å². The van der Waals surface area contributed by atoms with Crippen LogP contribution in [0.25, 0.3) is 0 Å². The Labute approximate surface area is 130 Å². The maximum Gasteiger partial charge on any atom is 0.259 e. The van der Waals surface area contributed by atoms with Gasteiger partial charge in [0, 0.05) is 5.54 Å². The van der Waals surface area contributed by atoms with Crippen molar-refractivity contribution in [3.63, 3.8) is 0 Å². The monoisotopic (exact) mass is 324 g/mol. The quantitative estimate of drug-likeness (QED) is 0.850. The summed E-state index contributed by atoms with van der Waals surface area (Å²) in [5.41, 5.74) is -0.837. The second-order valence-corrected chi connectivity index (χ2v) is 5.86. The molecule has 0 saturated heterocycles. The number of nitrogens with zero attached hydrogens (tertiary/aromatic N) is 2. The minimum absolute atomic E-state index is 0.0543. The lowest BCUT2D eigenvalue weighted by molar-refractivity contribution is 0.102. The number of rotatable bonds is 3. The van der Waals surface area contributed by atoms with Gasteiger partial charge in [0.2, 0.25) is 0 Å². The molecule has 5 nitrogen and oxygen atoms in total. The Balaban J connectivity index is 2.13. The zero-order valence-corrected chi connectivity index (χ0v) is 12.7. The number of carbonyl (C=O) groups excluding carboxylic acids is 1. The first-order valence-corrected chi connectivity index (χ1v) is 6.74. The average Bonchev–Trinajstić information content (AvgIpc) is 2.45. The second kappa shape index (κ2) is 6.23. The Morgan fingerprint density at radius 2 is 1.57 bits per heavy atom. The highest BCUT2D eigenvalue weighted by Gasteiger charge is 2.19. The summed E-state index contributed by atoms with van der Waals surface area (Å²) >= 11 is 0. The Kier molecular flexibility index (Phi) is 4.53. The first kappa shape index (κ1) is 16.7. The van der Waals surface area contributed by atoms with Crippen molar-refractivity contribution in [2.75, 3.05) is 10.6 Å². The highest BCUT2D eigenvalue weighted by molar-refractivity contribution is 6.03. The summed E-state index contributed by atoms with van der Waals surface area (Å²) < 4.78 is 39.5. The first-order valence-electron chi connectivity index (χ1n) is 6.74. The Morgan fingerprint density at radius 1 is 0.957 bits per heavy atom. The van der Waals surface area contributed by atoms with Gasteiger partial charge in [0.05, 0.1) is 5.56 Å². The molecule has 23 heavy (non-hydrogen) atoms. The van der Waals surface area contributed by atoms with E-state index in [1.165, 1.54) is 6.07 Å². The lowest BCUT2D eigenvalue weighted by atomic mass is 10.1. The van der Waals surface area contributed by atoms with Crippen LogP contribution in [0.4, 0.5) is 24.8 Å². The van der Waals surface area contributed by atoms with Gasteiger partial charge in [-0.1, -0.05) is 0 Å². The molecule has 1 aromatic heterocycles. The molecular formula is C15H15F3N4O. The Hall–Kier alpha value is -2.64. The number of halogens is 3. The molecule has 0 aliphatic carbocycles. The number of aromatic nitrogens is 2. The van der Waals surface area contributed by atoms with E-state index in [1.54, 1.807) is 6.07 Å². The second-order valence-electron chi connectivity index (χ2n) is 5.86. The summed E-state index contributed by atoms with van der Waals surface area (Å²) in [6.45, 7) is 5.82. The fraction of sp³-hybridized carbons (Fsp3) is 0.267. The third-order valence-electron chi connectivity index (χ3n) is 2.69. The van der Waals surface area contributed by atoms with E-state index in [0.29, 0.717) is 11.9 Å². The zero-order valence-electron chi connectivity index (χ0n) is 12.7. The largest absolute Gasteiger partial charge is 0.364 e. The van der Waals surface area contributed by atoms with Gasteiger partial charge in [-0.2, -0.15) is 0 Å². The molecule has 0 fully saturated rings. The van der Waals surface area contributed by atoms with Crippen molar-refractivity contribution in [1.29, 1.82) is 0 Å². The number of carbonyl (C=O) groups is 1. The van der Waals surface area contributed by atoms with Crippen LogP contribution in [-0.2, 0) is 0 Å². The number of anilines is 2. The van der Waals surface area contributed by atoms with Gasteiger partial charge in [-0.15, -0.1) is 10.2 Å². The maximum absolute atomic E-state index is 13.5. The van der Waals surface area contributed by atoms with Crippen LogP contribution in [0.1, 0.15) is 31.1 Å². The molecule has 0 atom stereocenters. The minimum Gasteiger partial charge on any atom is -0.364 e. The summed E-state index contributed by atoms with van der Waals surface area (Å²) in [7, 11) is 0. The molecule has 0 saturated carbocycles. The van der Waals surface area contributed by atoms with E-state index in [9.17, 15) is 18.0 Å². The highest BCUT2D eigenvalue weighted by atomic mass is 19.2. The number of hydrogen-bond acceptors (Lipinski definition) is 4. The molecule has 2 rings (SSSR count). The van der Waals surface area contributed by atoms with E-state index in [-0.39, 0.29) is 11.4 Å². The van der Waals surface area contributed by atoms with Crippen molar-refractivity contribution in [2.45, 2.75) is 26.3 Å². The summed E-state index contributed by atoms with van der Waals surface area (Å²) in [4.78, 5) is 11.9. The third kappa shape index (κ3) is 4.18. The summed E-state index contributed by atoms with van der Waals surface area (Å²) in [6.07, 6.45) is 0. The average molecular weight is 324 g/mol. The molecule has 0 radical (unpaired) electrons. The van der Waals surface area contributed by atoms with Gasteiger partial charge in [-0.25, -0.2) is 13.2 Å². The van der Waals surface area contributed by atoms with Crippen molar-refractivity contribution in [3.05, 3.63) is 47.3 Å². The van der Waals surface area contributed by atoms with Crippen LogP contribution in [0.2, 0.25) is 0 Å². The van der Waals surface area contributed by atoms with Crippen LogP contribution in [-0.4, -0.2) is 21.6 Å². The number of benzene rings is 1. The topological polar surface area (TPSA) is 66.9 Å². The zero-order chi connectivity index (χ0) is 17.2. The van der Waals surface area contributed by atoms with Gasteiger partial charge in [-0.05, 0) is 45.0 Å². The molecule has 1 heterocycles. The number of hydrogen-bond donors (Lipinski definition) is 2. The molecule has 0 unspecified atom stereocenters. The van der Waals surface area contributed by atoms with Crippen LogP contribution in [0.5, 0.6) is 0 Å². The van der Waals surface area contributed by atoms with Crippen molar-refractivity contribution in [1.82, 2.24) is 10.2 Å². The lowest BCUT2D eigenvalue weighted by Gasteiger charge is -2.20. The summed E-state index contributed by atoms with van der Waals surface area (Å²) in [5, 5.41) is 13.0. The smallest absolute Gasteiger partial charge is 0.259 e. The first-order chi connectivity index (χ1) is 10.7. The van der Waals surface area contributed by atoms with E-state index < -0.39 is 28.9 Å². The number of nitrogens with one attached hydrogen (secondary N) is 2. The molecule has 8 heteroatoms. The van der Waals surface area contributed by atoms with Gasteiger partial charge < -0.3 is 10.6 Å². The van der Waals surface area contributed by atoms with Crippen LogP contribution in [0, 0.1) is 17.5 Å².